The number of amides is 1. The van der Waals surface area contributed by atoms with Gasteiger partial charge in [0.1, 0.15) is 0 Å². The molecule has 1 unspecified atom stereocenters. The number of hydrogen-bond acceptors (Lipinski definition) is 2. The van der Waals surface area contributed by atoms with Crippen LogP contribution in [0.2, 0.25) is 0 Å². The number of piperidine rings is 1. The molecule has 2 N–H and O–H groups in total. The predicted molar refractivity (Wildman–Crippen MR) is 68.7 cm³/mol. The normalized spacial score (nSPS) is 25.8. The van der Waals surface area contributed by atoms with E-state index in [1.807, 2.05) is 24.3 Å². The maximum absolute atomic E-state index is 11.9. The molecule has 1 aromatic carbocycles. The summed E-state index contributed by atoms with van der Waals surface area (Å²) < 4.78 is 0. The van der Waals surface area contributed by atoms with Gasteiger partial charge in [-0.15, -0.1) is 0 Å². The fourth-order valence-electron chi connectivity index (χ4n) is 2.53. The number of para-hydroxylation sites is 1. The lowest BCUT2D eigenvalue weighted by atomic mass is 9.99. The van der Waals surface area contributed by atoms with Gasteiger partial charge in [-0.1, -0.05) is 30.7 Å². The summed E-state index contributed by atoms with van der Waals surface area (Å²) in [4.78, 5) is 11.9. The molecule has 3 heteroatoms. The molecule has 1 amide bonds. The van der Waals surface area contributed by atoms with Gasteiger partial charge in [-0.3, -0.25) is 4.79 Å². The monoisotopic (exact) mass is 228 g/mol. The molecule has 1 aromatic rings. The summed E-state index contributed by atoms with van der Waals surface area (Å²) in [5.74, 6) is 0.0265. The summed E-state index contributed by atoms with van der Waals surface area (Å²) in [5, 5.41) is 6.34. The first-order valence-electron chi connectivity index (χ1n) is 6.20. The molecule has 1 atom stereocenters. The molecule has 0 aromatic heterocycles. The van der Waals surface area contributed by atoms with Gasteiger partial charge in [-0.25, -0.2) is 0 Å². The Labute approximate surface area is 101 Å². The number of anilines is 1. The van der Waals surface area contributed by atoms with Crippen molar-refractivity contribution in [3.05, 3.63) is 35.9 Å². The van der Waals surface area contributed by atoms with Crippen molar-refractivity contribution < 1.29 is 4.79 Å². The second-order valence-electron chi connectivity index (χ2n) is 4.64. The van der Waals surface area contributed by atoms with E-state index < -0.39 is 0 Å². The van der Waals surface area contributed by atoms with E-state index in [1.165, 1.54) is 12.8 Å². The fourth-order valence-corrected chi connectivity index (χ4v) is 2.53. The maximum atomic E-state index is 11.9. The molecule has 0 spiro atoms. The number of rotatable bonds is 1. The van der Waals surface area contributed by atoms with Crippen LogP contribution in [0.25, 0.3) is 5.57 Å². The molecule has 88 valence electrons. The SMILES string of the molecule is O=C1Nc2ccccc2C1=CC1CCCCN1. The second kappa shape index (κ2) is 4.34. The van der Waals surface area contributed by atoms with Gasteiger partial charge in [0.05, 0.1) is 0 Å². The van der Waals surface area contributed by atoms with Gasteiger partial charge in [0, 0.05) is 22.9 Å². The minimum Gasteiger partial charge on any atom is -0.321 e. The van der Waals surface area contributed by atoms with Crippen LogP contribution >= 0.6 is 0 Å². The average Bonchev–Trinajstić information content (AvgIpc) is 2.68. The molecule has 2 heterocycles. The highest BCUT2D eigenvalue weighted by atomic mass is 16.2. The standard InChI is InChI=1S/C14H16N2O/c17-14-12(9-10-5-3-4-8-15-10)11-6-1-2-7-13(11)16-14/h1-2,6-7,9-10,15H,3-5,8H2,(H,16,17). The lowest BCUT2D eigenvalue weighted by Crippen LogP contribution is -2.32. The minimum absolute atomic E-state index is 0.0265. The maximum Gasteiger partial charge on any atom is 0.256 e. The third-order valence-corrected chi connectivity index (χ3v) is 3.43. The van der Waals surface area contributed by atoms with Gasteiger partial charge in [0.2, 0.25) is 0 Å². The fraction of sp³-hybridized carbons (Fsp3) is 0.357. The third kappa shape index (κ3) is 1.98. The van der Waals surface area contributed by atoms with Crippen LogP contribution in [0.3, 0.4) is 0 Å². The summed E-state index contributed by atoms with van der Waals surface area (Å²) in [7, 11) is 0. The topological polar surface area (TPSA) is 41.1 Å². The Hall–Kier alpha value is -1.61. The molecule has 2 aliphatic rings. The smallest absolute Gasteiger partial charge is 0.256 e. The predicted octanol–water partition coefficient (Wildman–Crippen LogP) is 2.16. The number of carbonyl (C=O) groups is 1. The van der Waals surface area contributed by atoms with Gasteiger partial charge in [0.25, 0.3) is 5.91 Å². The van der Waals surface area contributed by atoms with Crippen molar-refractivity contribution >= 4 is 17.2 Å². The first kappa shape index (κ1) is 10.5. The number of nitrogens with one attached hydrogen (secondary N) is 2. The average molecular weight is 228 g/mol. The number of fused-ring (bicyclic) bond motifs is 1. The molecule has 0 aliphatic carbocycles. The van der Waals surface area contributed by atoms with Gasteiger partial charge < -0.3 is 10.6 Å². The summed E-state index contributed by atoms with van der Waals surface area (Å²) >= 11 is 0. The Morgan fingerprint density at radius 2 is 2.12 bits per heavy atom. The molecule has 3 rings (SSSR count). The zero-order chi connectivity index (χ0) is 11.7. The number of benzene rings is 1. The van der Waals surface area contributed by atoms with Crippen molar-refractivity contribution in [2.75, 3.05) is 11.9 Å². The molecular weight excluding hydrogens is 212 g/mol. The van der Waals surface area contributed by atoms with Gasteiger partial charge in [0.15, 0.2) is 0 Å². The first-order chi connectivity index (χ1) is 8.34. The van der Waals surface area contributed by atoms with Crippen LogP contribution in [0.5, 0.6) is 0 Å². The molecule has 0 radical (unpaired) electrons. The molecule has 0 saturated carbocycles. The summed E-state index contributed by atoms with van der Waals surface area (Å²) in [6.07, 6.45) is 5.69. The molecule has 2 aliphatic heterocycles. The van der Waals surface area contributed by atoms with Crippen LogP contribution in [0.4, 0.5) is 5.69 Å². The minimum atomic E-state index is 0.0265. The quantitative estimate of drug-likeness (QED) is 0.723. The second-order valence-corrected chi connectivity index (χ2v) is 4.64. The Balaban J connectivity index is 1.92. The van der Waals surface area contributed by atoms with E-state index >= 15 is 0 Å². The molecule has 3 nitrogen and oxygen atoms in total. The van der Waals surface area contributed by atoms with E-state index in [2.05, 4.69) is 16.7 Å². The van der Waals surface area contributed by atoms with Crippen molar-refractivity contribution in [1.82, 2.24) is 5.32 Å². The molecule has 1 saturated heterocycles. The lowest BCUT2D eigenvalue weighted by molar-refractivity contribution is -0.110. The van der Waals surface area contributed by atoms with Crippen molar-refractivity contribution in [2.24, 2.45) is 0 Å². The lowest BCUT2D eigenvalue weighted by Gasteiger charge is -2.20. The Bertz CT molecular complexity index is 473. The van der Waals surface area contributed by atoms with Crippen LogP contribution in [0.1, 0.15) is 24.8 Å². The summed E-state index contributed by atoms with van der Waals surface area (Å²) in [6, 6.07) is 8.21. The van der Waals surface area contributed by atoms with E-state index in [1.54, 1.807) is 0 Å². The van der Waals surface area contributed by atoms with Crippen molar-refractivity contribution in [1.29, 1.82) is 0 Å². The summed E-state index contributed by atoms with van der Waals surface area (Å²) in [6.45, 7) is 1.05. The van der Waals surface area contributed by atoms with Gasteiger partial charge >= 0.3 is 0 Å². The van der Waals surface area contributed by atoms with Crippen molar-refractivity contribution in [3.63, 3.8) is 0 Å². The zero-order valence-corrected chi connectivity index (χ0v) is 9.70. The Morgan fingerprint density at radius 1 is 1.24 bits per heavy atom. The van der Waals surface area contributed by atoms with Crippen LogP contribution in [-0.2, 0) is 4.79 Å². The van der Waals surface area contributed by atoms with Crippen LogP contribution in [0.15, 0.2) is 30.3 Å². The number of carbonyl (C=O) groups excluding carboxylic acids is 1. The van der Waals surface area contributed by atoms with E-state index in [0.29, 0.717) is 6.04 Å². The van der Waals surface area contributed by atoms with E-state index in [0.717, 1.165) is 29.8 Å². The van der Waals surface area contributed by atoms with Crippen molar-refractivity contribution in [3.8, 4) is 0 Å². The van der Waals surface area contributed by atoms with Crippen LogP contribution < -0.4 is 10.6 Å². The number of hydrogen-bond donors (Lipinski definition) is 2. The molecule has 0 bridgehead atoms. The zero-order valence-electron chi connectivity index (χ0n) is 9.70. The molecule has 17 heavy (non-hydrogen) atoms. The molecule has 1 fully saturated rings. The van der Waals surface area contributed by atoms with E-state index in [-0.39, 0.29) is 5.91 Å². The van der Waals surface area contributed by atoms with Gasteiger partial charge in [-0.05, 0) is 25.5 Å². The first-order valence-corrected chi connectivity index (χ1v) is 6.20. The van der Waals surface area contributed by atoms with Crippen LogP contribution in [-0.4, -0.2) is 18.5 Å². The van der Waals surface area contributed by atoms with Gasteiger partial charge in [-0.2, -0.15) is 0 Å². The highest BCUT2D eigenvalue weighted by Crippen LogP contribution is 2.31. The highest BCUT2D eigenvalue weighted by molar-refractivity contribution is 6.31. The largest absolute Gasteiger partial charge is 0.321 e. The Morgan fingerprint density at radius 3 is 2.94 bits per heavy atom. The summed E-state index contributed by atoms with van der Waals surface area (Å²) in [5.41, 5.74) is 2.78. The van der Waals surface area contributed by atoms with E-state index in [9.17, 15) is 4.79 Å². The third-order valence-electron chi connectivity index (χ3n) is 3.43. The highest BCUT2D eigenvalue weighted by Gasteiger charge is 2.24. The van der Waals surface area contributed by atoms with E-state index in [4.69, 9.17) is 0 Å². The van der Waals surface area contributed by atoms with Crippen LogP contribution in [0, 0.1) is 0 Å². The Kier molecular flexibility index (Phi) is 2.69. The molecular formula is C14H16N2O. The van der Waals surface area contributed by atoms with Crippen molar-refractivity contribution in [2.45, 2.75) is 25.3 Å².